The molecule has 1 aliphatic rings. The van der Waals surface area contributed by atoms with Crippen LogP contribution in [0.4, 0.5) is 0 Å². The zero-order chi connectivity index (χ0) is 11.6. The Hall–Kier alpha value is -0.610. The number of hydrogen-bond acceptors (Lipinski definition) is 3. The Labute approximate surface area is 92.6 Å². The van der Waals surface area contributed by atoms with E-state index < -0.39 is 0 Å². The highest BCUT2D eigenvalue weighted by Crippen LogP contribution is 2.19. The lowest BCUT2D eigenvalue weighted by atomic mass is 9.97. The van der Waals surface area contributed by atoms with Crippen molar-refractivity contribution in [3.63, 3.8) is 0 Å². The molecule has 0 bridgehead atoms. The summed E-state index contributed by atoms with van der Waals surface area (Å²) in [7, 11) is 3.63. The summed E-state index contributed by atoms with van der Waals surface area (Å²) in [6.45, 7) is 9.20. The Bertz CT molecular complexity index is 238. The third-order valence-electron chi connectivity index (χ3n) is 3.13. The lowest BCUT2D eigenvalue weighted by Gasteiger charge is -2.46. The van der Waals surface area contributed by atoms with E-state index in [4.69, 9.17) is 0 Å². The van der Waals surface area contributed by atoms with Gasteiger partial charge in [-0.2, -0.15) is 0 Å². The summed E-state index contributed by atoms with van der Waals surface area (Å²) in [6, 6.07) is -0.0305. The normalized spacial score (nSPS) is 23.5. The van der Waals surface area contributed by atoms with Crippen molar-refractivity contribution in [3.8, 4) is 0 Å². The molecule has 4 nitrogen and oxygen atoms in total. The van der Waals surface area contributed by atoms with E-state index in [1.54, 1.807) is 4.90 Å². The molecule has 1 aliphatic heterocycles. The van der Waals surface area contributed by atoms with Gasteiger partial charge < -0.3 is 10.2 Å². The number of nitrogens with zero attached hydrogens (tertiary/aromatic N) is 2. The number of nitrogens with one attached hydrogen (secondary N) is 1. The number of likely N-dealkylation sites (N-methyl/N-ethyl adjacent to an activating group) is 1. The van der Waals surface area contributed by atoms with Crippen LogP contribution < -0.4 is 5.32 Å². The molecule has 1 unspecified atom stereocenters. The van der Waals surface area contributed by atoms with Crippen LogP contribution in [0.5, 0.6) is 0 Å². The first-order valence-corrected chi connectivity index (χ1v) is 5.55. The molecular formula is C11H23N3O. The van der Waals surface area contributed by atoms with Gasteiger partial charge in [-0.15, -0.1) is 0 Å². The van der Waals surface area contributed by atoms with Crippen LogP contribution in [0.1, 0.15) is 20.8 Å². The Kier molecular flexibility index (Phi) is 3.73. The lowest BCUT2D eigenvalue weighted by molar-refractivity contribution is -0.136. The molecule has 1 saturated heterocycles. The van der Waals surface area contributed by atoms with Crippen molar-refractivity contribution in [3.05, 3.63) is 0 Å². The second-order valence-electron chi connectivity index (χ2n) is 5.09. The molecule has 15 heavy (non-hydrogen) atoms. The first-order chi connectivity index (χ1) is 6.86. The molecular weight excluding hydrogens is 190 g/mol. The van der Waals surface area contributed by atoms with E-state index in [0.29, 0.717) is 0 Å². The lowest BCUT2D eigenvalue weighted by Crippen LogP contribution is -2.63. The van der Waals surface area contributed by atoms with E-state index in [1.165, 1.54) is 0 Å². The number of carbonyl (C=O) groups is 1. The minimum Gasteiger partial charge on any atom is -0.347 e. The van der Waals surface area contributed by atoms with Crippen molar-refractivity contribution >= 4 is 5.91 Å². The minimum absolute atomic E-state index is 0.0305. The molecule has 0 aromatic heterocycles. The van der Waals surface area contributed by atoms with Gasteiger partial charge in [0.05, 0.1) is 6.04 Å². The first kappa shape index (κ1) is 12.5. The summed E-state index contributed by atoms with van der Waals surface area (Å²) in [5.41, 5.74) is 0.0589. The molecule has 0 aromatic carbocycles. The van der Waals surface area contributed by atoms with Gasteiger partial charge in [0, 0.05) is 39.3 Å². The Morgan fingerprint density at radius 1 is 1.47 bits per heavy atom. The number of rotatable bonds is 2. The number of carbonyl (C=O) groups excluding carboxylic acids is 1. The van der Waals surface area contributed by atoms with Gasteiger partial charge in [-0.25, -0.2) is 0 Å². The van der Waals surface area contributed by atoms with Crippen molar-refractivity contribution in [1.29, 1.82) is 0 Å². The van der Waals surface area contributed by atoms with Gasteiger partial charge in [0.15, 0.2) is 0 Å². The minimum atomic E-state index is -0.0305. The molecule has 0 aromatic rings. The Morgan fingerprint density at radius 3 is 2.53 bits per heavy atom. The highest BCUT2D eigenvalue weighted by atomic mass is 16.2. The van der Waals surface area contributed by atoms with Crippen LogP contribution in [0, 0.1) is 0 Å². The van der Waals surface area contributed by atoms with E-state index in [1.807, 2.05) is 21.0 Å². The third kappa shape index (κ3) is 2.69. The second-order valence-corrected chi connectivity index (χ2v) is 5.09. The predicted octanol–water partition coefficient (Wildman–Crippen LogP) is 0.147. The summed E-state index contributed by atoms with van der Waals surface area (Å²) < 4.78 is 0. The quantitative estimate of drug-likeness (QED) is 0.709. The molecule has 1 N–H and O–H groups in total. The fourth-order valence-corrected chi connectivity index (χ4v) is 2.22. The summed E-state index contributed by atoms with van der Waals surface area (Å²) in [5, 5.41) is 3.36. The van der Waals surface area contributed by atoms with E-state index in [9.17, 15) is 4.79 Å². The van der Waals surface area contributed by atoms with Crippen LogP contribution in [0.25, 0.3) is 0 Å². The topological polar surface area (TPSA) is 35.6 Å². The third-order valence-corrected chi connectivity index (χ3v) is 3.13. The average molecular weight is 213 g/mol. The van der Waals surface area contributed by atoms with Gasteiger partial charge in [0.2, 0.25) is 5.91 Å². The highest BCUT2D eigenvalue weighted by molar-refractivity contribution is 5.81. The molecule has 1 amide bonds. The van der Waals surface area contributed by atoms with Gasteiger partial charge in [-0.1, -0.05) is 0 Å². The highest BCUT2D eigenvalue weighted by Gasteiger charge is 2.36. The Balaban J connectivity index is 2.72. The SMILES string of the molecule is CC(C(=O)N(C)C)N1CCNCC1(C)C. The zero-order valence-electron chi connectivity index (χ0n) is 10.5. The summed E-state index contributed by atoms with van der Waals surface area (Å²) in [6.07, 6.45) is 0. The number of amides is 1. The molecule has 0 saturated carbocycles. The molecule has 0 radical (unpaired) electrons. The van der Waals surface area contributed by atoms with Crippen LogP contribution >= 0.6 is 0 Å². The smallest absolute Gasteiger partial charge is 0.239 e. The number of hydrogen-bond donors (Lipinski definition) is 1. The van der Waals surface area contributed by atoms with E-state index in [0.717, 1.165) is 19.6 Å². The zero-order valence-corrected chi connectivity index (χ0v) is 10.5. The fourth-order valence-electron chi connectivity index (χ4n) is 2.22. The van der Waals surface area contributed by atoms with E-state index in [-0.39, 0.29) is 17.5 Å². The summed E-state index contributed by atoms with van der Waals surface area (Å²) in [4.78, 5) is 15.8. The van der Waals surface area contributed by atoms with Crippen molar-refractivity contribution < 1.29 is 4.79 Å². The standard InChI is InChI=1S/C11H23N3O/c1-9(10(15)13(4)5)14-7-6-12-8-11(14,2)3/h9,12H,6-8H2,1-5H3. The molecule has 1 heterocycles. The van der Waals surface area contributed by atoms with Gasteiger partial charge in [0.25, 0.3) is 0 Å². The molecule has 1 rings (SSSR count). The van der Waals surface area contributed by atoms with Gasteiger partial charge >= 0.3 is 0 Å². The van der Waals surface area contributed by atoms with Gasteiger partial charge in [0.1, 0.15) is 0 Å². The maximum Gasteiger partial charge on any atom is 0.239 e. The second kappa shape index (κ2) is 4.49. The fraction of sp³-hybridized carbons (Fsp3) is 0.909. The summed E-state index contributed by atoms with van der Waals surface area (Å²) >= 11 is 0. The monoisotopic (exact) mass is 213 g/mol. The predicted molar refractivity (Wildman–Crippen MR) is 61.8 cm³/mol. The molecule has 4 heteroatoms. The van der Waals surface area contributed by atoms with E-state index >= 15 is 0 Å². The van der Waals surface area contributed by atoms with Gasteiger partial charge in [-0.05, 0) is 20.8 Å². The average Bonchev–Trinajstić information content (AvgIpc) is 2.15. The van der Waals surface area contributed by atoms with Crippen molar-refractivity contribution in [2.75, 3.05) is 33.7 Å². The molecule has 0 spiro atoms. The van der Waals surface area contributed by atoms with Crippen LogP contribution in [0.15, 0.2) is 0 Å². The van der Waals surface area contributed by atoms with Crippen molar-refractivity contribution in [1.82, 2.24) is 15.1 Å². The van der Waals surface area contributed by atoms with Crippen molar-refractivity contribution in [2.24, 2.45) is 0 Å². The first-order valence-electron chi connectivity index (χ1n) is 5.55. The molecule has 1 atom stereocenters. The Morgan fingerprint density at radius 2 is 2.07 bits per heavy atom. The van der Waals surface area contributed by atoms with Gasteiger partial charge in [-0.3, -0.25) is 9.69 Å². The maximum atomic E-state index is 11.9. The number of piperazine rings is 1. The van der Waals surface area contributed by atoms with Crippen molar-refractivity contribution in [2.45, 2.75) is 32.4 Å². The van der Waals surface area contributed by atoms with Crippen LogP contribution in [0.3, 0.4) is 0 Å². The van der Waals surface area contributed by atoms with Crippen LogP contribution in [0.2, 0.25) is 0 Å². The molecule has 0 aliphatic carbocycles. The van der Waals surface area contributed by atoms with Crippen LogP contribution in [-0.2, 0) is 4.79 Å². The molecule has 88 valence electrons. The van der Waals surface area contributed by atoms with E-state index in [2.05, 4.69) is 24.1 Å². The van der Waals surface area contributed by atoms with Crippen LogP contribution in [-0.4, -0.2) is 61.0 Å². The maximum absolute atomic E-state index is 11.9. The largest absolute Gasteiger partial charge is 0.347 e. The summed E-state index contributed by atoms with van der Waals surface area (Å²) in [5.74, 6) is 0.185. The molecule has 1 fully saturated rings.